The number of para-hydroxylation sites is 1. The van der Waals surface area contributed by atoms with Crippen molar-refractivity contribution in [3.63, 3.8) is 0 Å². The molecule has 6 heteroatoms. The van der Waals surface area contributed by atoms with Gasteiger partial charge in [-0.05, 0) is 25.0 Å². The van der Waals surface area contributed by atoms with Gasteiger partial charge in [0.25, 0.3) is 0 Å². The van der Waals surface area contributed by atoms with Crippen LogP contribution in [0.15, 0.2) is 35.3 Å². The van der Waals surface area contributed by atoms with Crippen molar-refractivity contribution in [2.45, 2.75) is 32.1 Å². The van der Waals surface area contributed by atoms with E-state index in [2.05, 4.69) is 10.2 Å². The smallest absolute Gasteiger partial charge is 0.193 e. The van der Waals surface area contributed by atoms with Gasteiger partial charge >= 0.3 is 0 Å². The molecule has 0 aromatic heterocycles. The van der Waals surface area contributed by atoms with E-state index in [1.807, 2.05) is 30.3 Å². The minimum atomic E-state index is 0. The fourth-order valence-electron chi connectivity index (χ4n) is 3.86. The van der Waals surface area contributed by atoms with Gasteiger partial charge in [0.05, 0.1) is 13.2 Å². The Bertz CT molecular complexity index is 525. The first kappa shape index (κ1) is 20.5. The third kappa shape index (κ3) is 6.42. The topological polar surface area (TPSA) is 62.9 Å². The van der Waals surface area contributed by atoms with E-state index in [0.717, 1.165) is 45.1 Å². The average molecular weight is 458 g/mol. The van der Waals surface area contributed by atoms with Crippen molar-refractivity contribution in [2.24, 2.45) is 16.1 Å². The summed E-state index contributed by atoms with van der Waals surface area (Å²) in [7, 11) is 0. The van der Waals surface area contributed by atoms with Crippen molar-refractivity contribution in [2.75, 3.05) is 44.7 Å². The van der Waals surface area contributed by atoms with Crippen LogP contribution in [0.5, 0.6) is 0 Å². The average Bonchev–Trinajstić information content (AvgIpc) is 2.63. The quantitative estimate of drug-likeness (QED) is 0.404. The number of guanidine groups is 1. The third-order valence-electron chi connectivity index (χ3n) is 5.21. The lowest BCUT2D eigenvalue weighted by molar-refractivity contribution is 0.00940. The van der Waals surface area contributed by atoms with Crippen molar-refractivity contribution >= 4 is 35.6 Å². The summed E-state index contributed by atoms with van der Waals surface area (Å²) in [6.07, 6.45) is 6.49. The summed E-state index contributed by atoms with van der Waals surface area (Å²) in [5.41, 5.74) is 7.39. The predicted octanol–water partition coefficient (Wildman–Crippen LogP) is 3.31. The molecule has 1 saturated heterocycles. The second-order valence-corrected chi connectivity index (χ2v) is 7.14. The van der Waals surface area contributed by atoms with Gasteiger partial charge in [-0.1, -0.05) is 37.5 Å². The van der Waals surface area contributed by atoms with Crippen LogP contribution in [0.25, 0.3) is 0 Å². The molecule has 25 heavy (non-hydrogen) atoms. The van der Waals surface area contributed by atoms with E-state index in [1.54, 1.807) is 0 Å². The standard InChI is InChI=1S/C19H30N4O.HI/c20-18(22-17-7-3-1-4-8-17)21-15-19(9-5-2-6-10-19)16-23-11-13-24-14-12-23;/h1,3-4,7-8H,2,5-6,9-16H2,(H3,20,21,22);1H. The Morgan fingerprint density at radius 3 is 2.48 bits per heavy atom. The number of nitrogens with zero attached hydrogens (tertiary/aromatic N) is 2. The van der Waals surface area contributed by atoms with Gasteiger partial charge in [-0.25, -0.2) is 0 Å². The van der Waals surface area contributed by atoms with Crippen LogP contribution in [0.4, 0.5) is 5.69 Å². The third-order valence-corrected chi connectivity index (χ3v) is 5.21. The lowest BCUT2D eigenvalue weighted by Crippen LogP contribution is -2.46. The highest BCUT2D eigenvalue weighted by Gasteiger charge is 2.34. The molecule has 3 N–H and O–H groups in total. The van der Waals surface area contributed by atoms with Gasteiger partial charge in [0.2, 0.25) is 0 Å². The monoisotopic (exact) mass is 458 g/mol. The molecule has 1 saturated carbocycles. The van der Waals surface area contributed by atoms with E-state index in [4.69, 9.17) is 15.5 Å². The van der Waals surface area contributed by atoms with Crippen LogP contribution in [-0.4, -0.2) is 50.3 Å². The maximum Gasteiger partial charge on any atom is 0.193 e. The van der Waals surface area contributed by atoms with Crippen molar-refractivity contribution < 1.29 is 4.74 Å². The van der Waals surface area contributed by atoms with Crippen molar-refractivity contribution in [3.8, 4) is 0 Å². The molecule has 1 aliphatic carbocycles. The van der Waals surface area contributed by atoms with Gasteiger partial charge < -0.3 is 15.8 Å². The Morgan fingerprint density at radius 2 is 1.80 bits per heavy atom. The summed E-state index contributed by atoms with van der Waals surface area (Å²) < 4.78 is 5.49. The number of aliphatic imine (C=N–C) groups is 1. The molecular weight excluding hydrogens is 427 g/mol. The molecule has 1 aliphatic heterocycles. The molecule has 140 valence electrons. The molecular formula is C19H31IN4O. The molecule has 5 nitrogen and oxygen atoms in total. The van der Waals surface area contributed by atoms with Gasteiger partial charge in [-0.3, -0.25) is 9.89 Å². The first-order valence-corrected chi connectivity index (χ1v) is 9.18. The lowest BCUT2D eigenvalue weighted by Gasteiger charge is -2.41. The Kier molecular flexibility index (Phi) is 8.45. The highest BCUT2D eigenvalue weighted by molar-refractivity contribution is 14.0. The fraction of sp³-hybridized carbons (Fsp3) is 0.632. The zero-order chi connectivity index (χ0) is 16.7. The van der Waals surface area contributed by atoms with Gasteiger partial charge in [-0.2, -0.15) is 0 Å². The Labute approximate surface area is 168 Å². The first-order valence-electron chi connectivity index (χ1n) is 9.18. The summed E-state index contributed by atoms with van der Waals surface area (Å²) in [6.45, 7) is 5.75. The first-order chi connectivity index (χ1) is 11.8. The number of anilines is 1. The number of halogens is 1. The summed E-state index contributed by atoms with van der Waals surface area (Å²) in [6, 6.07) is 10.0. The fourth-order valence-corrected chi connectivity index (χ4v) is 3.86. The van der Waals surface area contributed by atoms with Crippen molar-refractivity contribution in [1.82, 2.24) is 4.90 Å². The summed E-state index contributed by atoms with van der Waals surface area (Å²) in [5.74, 6) is 0.521. The predicted molar refractivity (Wildman–Crippen MR) is 115 cm³/mol. The Hall–Kier alpha value is -0.860. The molecule has 2 aliphatic rings. The highest BCUT2D eigenvalue weighted by atomic mass is 127. The second-order valence-electron chi connectivity index (χ2n) is 7.14. The van der Waals surface area contributed by atoms with E-state index < -0.39 is 0 Å². The van der Waals surface area contributed by atoms with Gasteiger partial charge in [0.1, 0.15) is 0 Å². The summed E-state index contributed by atoms with van der Waals surface area (Å²) >= 11 is 0. The zero-order valence-corrected chi connectivity index (χ0v) is 17.3. The van der Waals surface area contributed by atoms with Crippen LogP contribution < -0.4 is 11.1 Å². The number of morpholine rings is 1. The largest absolute Gasteiger partial charge is 0.379 e. The molecule has 3 rings (SSSR count). The number of hydrogen-bond donors (Lipinski definition) is 2. The van der Waals surface area contributed by atoms with Crippen molar-refractivity contribution in [3.05, 3.63) is 30.3 Å². The van der Waals surface area contributed by atoms with Gasteiger partial charge in [0.15, 0.2) is 5.96 Å². The molecule has 0 unspecified atom stereocenters. The number of ether oxygens (including phenoxy) is 1. The maximum atomic E-state index is 6.12. The molecule has 0 bridgehead atoms. The molecule has 1 aromatic carbocycles. The molecule has 2 fully saturated rings. The highest BCUT2D eigenvalue weighted by Crippen LogP contribution is 2.37. The SMILES string of the molecule is I.NC(=NCC1(CN2CCOCC2)CCCCC1)Nc1ccccc1. The Balaban J connectivity index is 0.00000225. The van der Waals surface area contributed by atoms with Crippen LogP contribution in [0.1, 0.15) is 32.1 Å². The summed E-state index contributed by atoms with van der Waals surface area (Å²) in [4.78, 5) is 7.25. The van der Waals surface area contributed by atoms with Gasteiger partial charge in [0, 0.05) is 37.3 Å². The second kappa shape index (κ2) is 10.3. The van der Waals surface area contributed by atoms with Crippen LogP contribution in [-0.2, 0) is 4.74 Å². The number of rotatable bonds is 5. The Morgan fingerprint density at radius 1 is 1.12 bits per heavy atom. The van der Waals surface area contributed by atoms with Crippen LogP contribution >= 0.6 is 24.0 Å². The van der Waals surface area contributed by atoms with E-state index in [1.165, 1.54) is 32.1 Å². The van der Waals surface area contributed by atoms with Crippen LogP contribution in [0.3, 0.4) is 0 Å². The van der Waals surface area contributed by atoms with Crippen LogP contribution in [0.2, 0.25) is 0 Å². The minimum Gasteiger partial charge on any atom is -0.379 e. The maximum absolute atomic E-state index is 6.12. The van der Waals surface area contributed by atoms with E-state index in [-0.39, 0.29) is 29.4 Å². The van der Waals surface area contributed by atoms with E-state index in [0.29, 0.717) is 5.96 Å². The van der Waals surface area contributed by atoms with Crippen molar-refractivity contribution in [1.29, 1.82) is 0 Å². The molecule has 0 atom stereocenters. The van der Waals surface area contributed by atoms with E-state index in [9.17, 15) is 0 Å². The number of nitrogens with one attached hydrogen (secondary N) is 1. The normalized spacial score (nSPS) is 21.4. The molecule has 0 radical (unpaired) electrons. The van der Waals surface area contributed by atoms with Crippen LogP contribution in [0, 0.1) is 5.41 Å². The molecule has 0 amide bonds. The van der Waals surface area contributed by atoms with E-state index >= 15 is 0 Å². The lowest BCUT2D eigenvalue weighted by atomic mass is 9.73. The zero-order valence-electron chi connectivity index (χ0n) is 15.0. The molecule has 1 heterocycles. The number of hydrogen-bond acceptors (Lipinski definition) is 3. The summed E-state index contributed by atoms with van der Waals surface area (Å²) in [5, 5.41) is 3.20. The molecule has 1 aromatic rings. The number of nitrogens with two attached hydrogens (primary N) is 1. The number of benzene rings is 1. The minimum absolute atomic E-state index is 0. The molecule has 0 spiro atoms. The van der Waals surface area contributed by atoms with Gasteiger partial charge in [-0.15, -0.1) is 24.0 Å².